The van der Waals surface area contributed by atoms with Crippen LogP contribution >= 0.6 is 11.6 Å². The van der Waals surface area contributed by atoms with E-state index in [0.29, 0.717) is 24.9 Å². The first-order chi connectivity index (χ1) is 9.63. The van der Waals surface area contributed by atoms with Crippen molar-refractivity contribution < 1.29 is 4.74 Å². The van der Waals surface area contributed by atoms with Crippen LogP contribution in [0.2, 0.25) is 5.02 Å². The molecule has 1 aromatic heterocycles. The molecule has 7 heteroatoms. The maximum Gasteiger partial charge on any atom is 0.287 e. The van der Waals surface area contributed by atoms with Gasteiger partial charge in [0.1, 0.15) is 5.02 Å². The second kappa shape index (κ2) is 7.06. The number of methoxy groups -OCH3 is 1. The van der Waals surface area contributed by atoms with Gasteiger partial charge in [0.15, 0.2) is 0 Å². The number of aromatic nitrogens is 2. The highest BCUT2D eigenvalue weighted by molar-refractivity contribution is 6.32. The van der Waals surface area contributed by atoms with Crippen molar-refractivity contribution in [1.82, 2.24) is 15.1 Å². The Morgan fingerprint density at radius 1 is 1.65 bits per heavy atom. The third-order valence-corrected chi connectivity index (χ3v) is 3.96. The summed E-state index contributed by atoms with van der Waals surface area (Å²) in [7, 11) is 1.58. The molecule has 20 heavy (non-hydrogen) atoms. The van der Waals surface area contributed by atoms with Crippen LogP contribution in [0.1, 0.15) is 19.8 Å². The van der Waals surface area contributed by atoms with E-state index in [-0.39, 0.29) is 16.6 Å². The van der Waals surface area contributed by atoms with Gasteiger partial charge in [-0.1, -0.05) is 11.6 Å². The Bertz CT molecular complexity index is 506. The van der Waals surface area contributed by atoms with E-state index < -0.39 is 0 Å². The number of ether oxygens (including phenoxy) is 1. The molecule has 1 fully saturated rings. The fraction of sp³-hybridized carbons (Fsp3) is 0.692. The van der Waals surface area contributed by atoms with Gasteiger partial charge in [0.25, 0.3) is 5.56 Å². The summed E-state index contributed by atoms with van der Waals surface area (Å²) < 4.78 is 6.26. The van der Waals surface area contributed by atoms with E-state index in [1.807, 2.05) is 0 Å². The molecule has 2 N–H and O–H groups in total. The lowest BCUT2D eigenvalue weighted by atomic mass is 10.00. The topological polar surface area (TPSA) is 68.2 Å². The highest BCUT2D eigenvalue weighted by Crippen LogP contribution is 2.20. The number of nitrogens with zero attached hydrogens (tertiary/aromatic N) is 2. The number of piperidine rings is 1. The highest BCUT2D eigenvalue weighted by Gasteiger charge is 2.22. The zero-order valence-electron chi connectivity index (χ0n) is 11.9. The van der Waals surface area contributed by atoms with E-state index in [1.165, 1.54) is 4.68 Å². The van der Waals surface area contributed by atoms with Crippen LogP contribution in [0.25, 0.3) is 0 Å². The lowest BCUT2D eigenvalue weighted by molar-refractivity contribution is 0.182. The van der Waals surface area contributed by atoms with Crippen molar-refractivity contribution in [3.63, 3.8) is 0 Å². The number of rotatable bonds is 5. The van der Waals surface area contributed by atoms with Gasteiger partial charge in [-0.15, -0.1) is 0 Å². The van der Waals surface area contributed by atoms with Gasteiger partial charge >= 0.3 is 0 Å². The molecule has 2 rings (SSSR count). The fourth-order valence-corrected chi connectivity index (χ4v) is 2.54. The van der Waals surface area contributed by atoms with E-state index in [0.717, 1.165) is 19.4 Å². The Balaban J connectivity index is 2.12. The van der Waals surface area contributed by atoms with Crippen LogP contribution in [0, 0.1) is 0 Å². The van der Waals surface area contributed by atoms with Crippen molar-refractivity contribution in [1.29, 1.82) is 0 Å². The Morgan fingerprint density at radius 3 is 3.15 bits per heavy atom. The third-order valence-electron chi connectivity index (χ3n) is 3.59. The minimum absolute atomic E-state index is 0.189. The Labute approximate surface area is 123 Å². The summed E-state index contributed by atoms with van der Waals surface area (Å²) in [6, 6.07) is 0.605. The fourth-order valence-electron chi connectivity index (χ4n) is 2.34. The third kappa shape index (κ3) is 3.50. The molecular weight excluding hydrogens is 280 g/mol. The summed E-state index contributed by atoms with van der Waals surface area (Å²) in [5, 5.41) is 11.0. The highest BCUT2D eigenvalue weighted by atomic mass is 35.5. The van der Waals surface area contributed by atoms with Gasteiger partial charge in [0.05, 0.1) is 25.0 Å². The number of anilines is 1. The van der Waals surface area contributed by atoms with Gasteiger partial charge in [0, 0.05) is 19.2 Å². The average Bonchev–Trinajstić information content (AvgIpc) is 2.45. The molecule has 0 amide bonds. The second-order valence-electron chi connectivity index (χ2n) is 5.03. The molecule has 1 saturated heterocycles. The van der Waals surface area contributed by atoms with Crippen LogP contribution in [0.3, 0.4) is 0 Å². The normalized spacial score (nSPS) is 22.8. The molecule has 0 saturated carbocycles. The van der Waals surface area contributed by atoms with Crippen LogP contribution in [0.5, 0.6) is 0 Å². The van der Waals surface area contributed by atoms with Gasteiger partial charge in [-0.2, -0.15) is 5.10 Å². The molecule has 0 radical (unpaired) electrons. The average molecular weight is 301 g/mol. The summed E-state index contributed by atoms with van der Waals surface area (Å²) >= 11 is 6.15. The lowest BCUT2D eigenvalue weighted by Gasteiger charge is -2.31. The molecule has 112 valence electrons. The van der Waals surface area contributed by atoms with Crippen LogP contribution in [0.4, 0.5) is 5.69 Å². The molecular formula is C13H21ClN4O2. The second-order valence-corrected chi connectivity index (χ2v) is 5.41. The molecule has 0 bridgehead atoms. The van der Waals surface area contributed by atoms with Crippen molar-refractivity contribution in [3.05, 3.63) is 21.6 Å². The van der Waals surface area contributed by atoms with E-state index in [1.54, 1.807) is 13.3 Å². The number of hydrogen-bond donors (Lipinski definition) is 2. The van der Waals surface area contributed by atoms with Gasteiger partial charge in [-0.25, -0.2) is 4.68 Å². The van der Waals surface area contributed by atoms with E-state index in [4.69, 9.17) is 16.3 Å². The van der Waals surface area contributed by atoms with Crippen molar-refractivity contribution in [2.75, 3.05) is 25.6 Å². The zero-order valence-corrected chi connectivity index (χ0v) is 12.6. The first kappa shape index (κ1) is 15.3. The molecule has 2 heterocycles. The van der Waals surface area contributed by atoms with Crippen LogP contribution in [-0.2, 0) is 11.3 Å². The number of nitrogens with one attached hydrogen (secondary N) is 2. The Morgan fingerprint density at radius 2 is 2.45 bits per heavy atom. The van der Waals surface area contributed by atoms with E-state index in [2.05, 4.69) is 22.7 Å². The predicted octanol–water partition coefficient (Wildman–Crippen LogP) is 1.10. The summed E-state index contributed by atoms with van der Waals surface area (Å²) in [5.74, 6) is 0. The Hall–Kier alpha value is -1.11. The van der Waals surface area contributed by atoms with Crippen LogP contribution < -0.4 is 16.2 Å². The van der Waals surface area contributed by atoms with Gasteiger partial charge in [0.2, 0.25) is 0 Å². The van der Waals surface area contributed by atoms with Gasteiger partial charge < -0.3 is 15.4 Å². The minimum atomic E-state index is -0.287. The van der Waals surface area contributed by atoms with Crippen LogP contribution in [-0.4, -0.2) is 42.1 Å². The maximum atomic E-state index is 12.1. The lowest BCUT2D eigenvalue weighted by Crippen LogP contribution is -2.46. The van der Waals surface area contributed by atoms with Gasteiger partial charge in [-0.3, -0.25) is 4.79 Å². The molecule has 1 aliphatic heterocycles. The Kier molecular flexibility index (Phi) is 5.39. The summed E-state index contributed by atoms with van der Waals surface area (Å²) in [6.45, 7) is 3.98. The van der Waals surface area contributed by atoms with Crippen molar-refractivity contribution in [2.24, 2.45) is 0 Å². The standard InChI is InChI=1S/C13H21ClN4O2/c1-9-10(4-3-5-15-9)17-11-8-16-18(6-7-20-2)13(19)12(11)14/h8-10,15,17H,3-7H2,1-2H3. The molecule has 1 aromatic rings. The monoisotopic (exact) mass is 300 g/mol. The first-order valence-corrected chi connectivity index (χ1v) is 7.25. The summed E-state index contributed by atoms with van der Waals surface area (Å²) in [4.78, 5) is 12.1. The zero-order chi connectivity index (χ0) is 14.5. The molecule has 0 aliphatic carbocycles. The van der Waals surface area contributed by atoms with E-state index >= 15 is 0 Å². The smallest absolute Gasteiger partial charge is 0.287 e. The predicted molar refractivity (Wildman–Crippen MR) is 79.5 cm³/mol. The van der Waals surface area contributed by atoms with Crippen molar-refractivity contribution >= 4 is 17.3 Å². The molecule has 2 atom stereocenters. The first-order valence-electron chi connectivity index (χ1n) is 6.88. The van der Waals surface area contributed by atoms with Gasteiger partial charge in [-0.05, 0) is 26.3 Å². The quantitative estimate of drug-likeness (QED) is 0.852. The van der Waals surface area contributed by atoms with Crippen LogP contribution in [0.15, 0.2) is 11.0 Å². The summed E-state index contributed by atoms with van der Waals surface area (Å²) in [5.41, 5.74) is 0.316. The van der Waals surface area contributed by atoms with E-state index in [9.17, 15) is 4.79 Å². The van der Waals surface area contributed by atoms with Crippen molar-refractivity contribution in [3.8, 4) is 0 Å². The SMILES string of the molecule is COCCn1ncc(NC2CCCNC2C)c(Cl)c1=O. The molecule has 6 nitrogen and oxygen atoms in total. The summed E-state index contributed by atoms with van der Waals surface area (Å²) in [6.07, 6.45) is 3.77. The molecule has 0 aromatic carbocycles. The minimum Gasteiger partial charge on any atom is -0.383 e. The number of halogens is 1. The largest absolute Gasteiger partial charge is 0.383 e. The molecule has 0 spiro atoms. The number of hydrogen-bond acceptors (Lipinski definition) is 5. The van der Waals surface area contributed by atoms with Crippen molar-refractivity contribution in [2.45, 2.75) is 38.4 Å². The molecule has 1 aliphatic rings. The maximum absolute atomic E-state index is 12.1. The molecule has 2 unspecified atom stereocenters.